The van der Waals surface area contributed by atoms with E-state index in [1.807, 2.05) is 0 Å². The molecule has 0 radical (unpaired) electrons. The van der Waals surface area contributed by atoms with Crippen molar-refractivity contribution >= 4 is 0 Å². The number of hydrogen-bond acceptors (Lipinski definition) is 4. The largest absolute Gasteiger partial charge is 0.390 e. The normalized spacial score (nSPS) is 28.0. The molecule has 4 nitrogen and oxygen atoms in total. The lowest BCUT2D eigenvalue weighted by molar-refractivity contribution is 0.0240. The van der Waals surface area contributed by atoms with Gasteiger partial charge in [0.1, 0.15) is 0 Å². The summed E-state index contributed by atoms with van der Waals surface area (Å²) >= 11 is 0. The van der Waals surface area contributed by atoms with Crippen LogP contribution in [0.3, 0.4) is 0 Å². The Labute approximate surface area is 111 Å². The molecule has 18 heavy (non-hydrogen) atoms. The fourth-order valence-corrected chi connectivity index (χ4v) is 3.19. The van der Waals surface area contributed by atoms with Gasteiger partial charge in [0, 0.05) is 38.8 Å². The Morgan fingerprint density at radius 2 is 2.17 bits per heavy atom. The van der Waals surface area contributed by atoms with Crippen LogP contribution >= 0.6 is 0 Å². The van der Waals surface area contributed by atoms with Crippen LogP contribution in [0, 0.1) is 0 Å². The summed E-state index contributed by atoms with van der Waals surface area (Å²) in [5.74, 6) is 0. The van der Waals surface area contributed by atoms with Crippen molar-refractivity contribution < 1.29 is 5.11 Å². The van der Waals surface area contributed by atoms with Gasteiger partial charge in [0.15, 0.2) is 0 Å². The Balaban J connectivity index is 1.67. The lowest BCUT2D eigenvalue weighted by atomic mass is 9.99. The molecule has 0 aromatic heterocycles. The van der Waals surface area contributed by atoms with Gasteiger partial charge in [0.2, 0.25) is 0 Å². The maximum absolute atomic E-state index is 10.0. The highest BCUT2D eigenvalue weighted by atomic mass is 16.3. The summed E-state index contributed by atoms with van der Waals surface area (Å²) < 4.78 is 0. The van der Waals surface area contributed by atoms with Crippen molar-refractivity contribution in [2.45, 2.75) is 44.8 Å². The Morgan fingerprint density at radius 1 is 1.28 bits per heavy atom. The number of aliphatic hydroxyl groups is 1. The number of hydrogen-bond donors (Lipinski definition) is 2. The molecule has 0 saturated carbocycles. The van der Waals surface area contributed by atoms with Crippen molar-refractivity contribution in [1.82, 2.24) is 15.1 Å². The van der Waals surface area contributed by atoms with Crippen molar-refractivity contribution in [1.29, 1.82) is 0 Å². The minimum atomic E-state index is -0.216. The molecule has 0 amide bonds. The second kappa shape index (κ2) is 7.43. The second-order valence-corrected chi connectivity index (χ2v) is 5.80. The minimum Gasteiger partial charge on any atom is -0.390 e. The number of aliphatic hydroxyl groups excluding tert-OH is 1. The molecule has 106 valence electrons. The van der Waals surface area contributed by atoms with E-state index in [2.05, 4.69) is 22.0 Å². The van der Waals surface area contributed by atoms with E-state index in [1.165, 1.54) is 32.4 Å². The molecule has 2 fully saturated rings. The molecule has 2 aliphatic rings. The Bertz CT molecular complexity index is 237. The molecular formula is C14H29N3O. The first-order chi connectivity index (χ1) is 8.79. The molecule has 2 N–H and O–H groups in total. The standard InChI is InChI=1S/C14H29N3O/c1-2-6-15-10-14(18)12-16-8-9-17-7-4-3-5-13(17)11-16/h13-15,18H,2-12H2,1H3. The van der Waals surface area contributed by atoms with Crippen molar-refractivity contribution in [2.75, 3.05) is 45.8 Å². The quantitative estimate of drug-likeness (QED) is 0.679. The van der Waals surface area contributed by atoms with Crippen LogP contribution in [0.15, 0.2) is 0 Å². The van der Waals surface area contributed by atoms with Crippen molar-refractivity contribution in [3.05, 3.63) is 0 Å². The SMILES string of the molecule is CCCNCC(O)CN1CCN2CCCCC2C1. The van der Waals surface area contributed by atoms with E-state index in [1.54, 1.807) is 0 Å². The van der Waals surface area contributed by atoms with Crippen LogP contribution in [0.4, 0.5) is 0 Å². The first-order valence-electron chi connectivity index (χ1n) is 7.64. The van der Waals surface area contributed by atoms with Crippen LogP contribution in [0.25, 0.3) is 0 Å². The summed E-state index contributed by atoms with van der Waals surface area (Å²) in [6.07, 6.45) is 5.02. The molecule has 2 unspecified atom stereocenters. The van der Waals surface area contributed by atoms with Gasteiger partial charge in [0.25, 0.3) is 0 Å². The molecular weight excluding hydrogens is 226 g/mol. The third-order valence-corrected chi connectivity index (χ3v) is 4.20. The summed E-state index contributed by atoms with van der Waals surface area (Å²) in [4.78, 5) is 5.09. The molecule has 2 saturated heterocycles. The van der Waals surface area contributed by atoms with E-state index in [4.69, 9.17) is 0 Å². The van der Waals surface area contributed by atoms with Gasteiger partial charge >= 0.3 is 0 Å². The molecule has 2 atom stereocenters. The van der Waals surface area contributed by atoms with Crippen LogP contribution in [0.5, 0.6) is 0 Å². The third kappa shape index (κ3) is 4.19. The minimum absolute atomic E-state index is 0.216. The monoisotopic (exact) mass is 255 g/mol. The van der Waals surface area contributed by atoms with E-state index < -0.39 is 0 Å². The van der Waals surface area contributed by atoms with E-state index in [-0.39, 0.29) is 6.10 Å². The molecule has 0 aromatic rings. The van der Waals surface area contributed by atoms with Gasteiger partial charge in [-0.3, -0.25) is 9.80 Å². The molecule has 0 aliphatic carbocycles. The zero-order chi connectivity index (χ0) is 12.8. The van der Waals surface area contributed by atoms with Crippen LogP contribution < -0.4 is 5.32 Å². The Hall–Kier alpha value is -0.160. The average molecular weight is 255 g/mol. The first-order valence-corrected chi connectivity index (χ1v) is 7.64. The maximum atomic E-state index is 10.0. The molecule has 0 spiro atoms. The average Bonchev–Trinajstić information content (AvgIpc) is 2.39. The fourth-order valence-electron chi connectivity index (χ4n) is 3.19. The summed E-state index contributed by atoms with van der Waals surface area (Å²) in [6.45, 7) is 9.50. The highest BCUT2D eigenvalue weighted by Crippen LogP contribution is 2.20. The highest BCUT2D eigenvalue weighted by molar-refractivity contribution is 4.85. The topological polar surface area (TPSA) is 38.7 Å². The number of nitrogens with zero attached hydrogens (tertiary/aromatic N) is 2. The van der Waals surface area contributed by atoms with Crippen LogP contribution in [-0.4, -0.2) is 72.9 Å². The third-order valence-electron chi connectivity index (χ3n) is 4.20. The van der Waals surface area contributed by atoms with Gasteiger partial charge in [-0.25, -0.2) is 0 Å². The fraction of sp³-hybridized carbons (Fsp3) is 1.00. The lowest BCUT2D eigenvalue weighted by Crippen LogP contribution is -2.56. The van der Waals surface area contributed by atoms with Crippen LogP contribution in [-0.2, 0) is 0 Å². The molecule has 2 aliphatic heterocycles. The summed E-state index contributed by atoms with van der Waals surface area (Å²) in [5.41, 5.74) is 0. The maximum Gasteiger partial charge on any atom is 0.0791 e. The first kappa shape index (κ1) is 14.3. The number of fused-ring (bicyclic) bond motifs is 1. The molecule has 0 bridgehead atoms. The number of rotatable bonds is 6. The van der Waals surface area contributed by atoms with Gasteiger partial charge in [-0.05, 0) is 32.4 Å². The van der Waals surface area contributed by atoms with E-state index in [0.29, 0.717) is 0 Å². The second-order valence-electron chi connectivity index (χ2n) is 5.80. The van der Waals surface area contributed by atoms with E-state index >= 15 is 0 Å². The predicted octanol–water partition coefficient (Wildman–Crippen LogP) is 0.517. The molecule has 4 heteroatoms. The van der Waals surface area contributed by atoms with E-state index in [0.717, 1.165) is 45.2 Å². The number of nitrogens with one attached hydrogen (secondary N) is 1. The molecule has 2 heterocycles. The highest BCUT2D eigenvalue weighted by Gasteiger charge is 2.29. The van der Waals surface area contributed by atoms with Gasteiger partial charge in [-0.15, -0.1) is 0 Å². The summed E-state index contributed by atoms with van der Waals surface area (Å²) in [7, 11) is 0. The van der Waals surface area contributed by atoms with Gasteiger partial charge in [-0.1, -0.05) is 13.3 Å². The zero-order valence-corrected chi connectivity index (χ0v) is 11.8. The van der Waals surface area contributed by atoms with Gasteiger partial charge < -0.3 is 10.4 Å². The summed E-state index contributed by atoms with van der Waals surface area (Å²) in [6, 6.07) is 0.753. The van der Waals surface area contributed by atoms with Gasteiger partial charge in [-0.2, -0.15) is 0 Å². The predicted molar refractivity (Wildman–Crippen MR) is 74.8 cm³/mol. The van der Waals surface area contributed by atoms with Crippen molar-refractivity contribution in [3.63, 3.8) is 0 Å². The number of β-amino-alcohol motifs (C(OH)–C–C–N with tert-alkyl or cyclic N) is 1. The number of piperazine rings is 1. The van der Waals surface area contributed by atoms with Crippen molar-refractivity contribution in [3.8, 4) is 0 Å². The molecule has 0 aromatic carbocycles. The lowest BCUT2D eigenvalue weighted by Gasteiger charge is -2.44. The van der Waals surface area contributed by atoms with Crippen LogP contribution in [0.2, 0.25) is 0 Å². The zero-order valence-electron chi connectivity index (χ0n) is 11.8. The smallest absolute Gasteiger partial charge is 0.0791 e. The van der Waals surface area contributed by atoms with E-state index in [9.17, 15) is 5.11 Å². The number of piperidine rings is 1. The van der Waals surface area contributed by atoms with Gasteiger partial charge in [0.05, 0.1) is 6.10 Å². The Kier molecular flexibility index (Phi) is 5.89. The van der Waals surface area contributed by atoms with Crippen molar-refractivity contribution in [2.24, 2.45) is 0 Å². The summed E-state index contributed by atoms with van der Waals surface area (Å²) in [5, 5.41) is 13.3. The molecule has 2 rings (SSSR count). The van der Waals surface area contributed by atoms with Crippen LogP contribution in [0.1, 0.15) is 32.6 Å². The Morgan fingerprint density at radius 3 is 3.00 bits per heavy atom.